The zero-order valence-corrected chi connectivity index (χ0v) is 10.1. The average Bonchev–Trinajstić information content (AvgIpc) is 2.71. The molecule has 1 aliphatic carbocycles. The normalized spacial score (nSPS) is 19.7. The maximum absolute atomic E-state index is 11.6. The minimum atomic E-state index is -1.32. The number of methoxy groups -OCH3 is 1. The molecule has 4 N–H and O–H groups in total. The number of hydrogen-bond acceptors (Lipinski definition) is 5. The quantitative estimate of drug-likeness (QED) is 0.555. The number of aliphatic hydroxyl groups excluding tert-OH is 1. The Morgan fingerprint density at radius 2 is 2.06 bits per heavy atom. The van der Waals surface area contributed by atoms with Crippen molar-refractivity contribution in [2.45, 2.75) is 43.7 Å². The van der Waals surface area contributed by atoms with Crippen molar-refractivity contribution in [1.29, 1.82) is 0 Å². The first-order chi connectivity index (χ1) is 7.97. The minimum Gasteiger partial charge on any atom is -0.467 e. The van der Waals surface area contributed by atoms with E-state index in [1.165, 1.54) is 7.11 Å². The fraction of sp³-hybridized carbons (Fsp3) is 0.818. The van der Waals surface area contributed by atoms with E-state index < -0.39 is 17.6 Å². The van der Waals surface area contributed by atoms with Crippen molar-refractivity contribution in [3.8, 4) is 0 Å². The third-order valence-electron chi connectivity index (χ3n) is 3.08. The first kappa shape index (κ1) is 13.9. The third-order valence-corrected chi connectivity index (χ3v) is 3.08. The molecule has 1 unspecified atom stereocenters. The molecule has 17 heavy (non-hydrogen) atoms. The average molecular weight is 244 g/mol. The summed E-state index contributed by atoms with van der Waals surface area (Å²) in [7, 11) is 1.18. The largest absolute Gasteiger partial charge is 0.467 e. The molecule has 1 amide bonds. The van der Waals surface area contributed by atoms with Crippen LogP contribution in [0.5, 0.6) is 0 Å². The highest BCUT2D eigenvalue weighted by Gasteiger charge is 2.31. The van der Waals surface area contributed by atoms with Gasteiger partial charge in [-0.25, -0.2) is 4.79 Å². The van der Waals surface area contributed by atoms with Crippen LogP contribution >= 0.6 is 0 Å². The van der Waals surface area contributed by atoms with Gasteiger partial charge in [-0.3, -0.25) is 4.79 Å². The van der Waals surface area contributed by atoms with Gasteiger partial charge in [0.1, 0.15) is 0 Å². The van der Waals surface area contributed by atoms with Crippen LogP contribution in [0.4, 0.5) is 0 Å². The molecule has 1 fully saturated rings. The number of carbonyl (C=O) groups is 2. The number of nitrogens with one attached hydrogen (secondary N) is 1. The third kappa shape index (κ3) is 4.32. The lowest BCUT2D eigenvalue weighted by Crippen LogP contribution is -2.44. The van der Waals surface area contributed by atoms with Crippen molar-refractivity contribution in [3.05, 3.63) is 0 Å². The maximum atomic E-state index is 11.6. The predicted molar refractivity (Wildman–Crippen MR) is 61.0 cm³/mol. The summed E-state index contributed by atoms with van der Waals surface area (Å²) in [5.74, 6) is -0.994. The predicted octanol–water partition coefficient (Wildman–Crippen LogP) is -0.702. The molecule has 6 nitrogen and oxygen atoms in total. The summed E-state index contributed by atoms with van der Waals surface area (Å²) in [6, 6.07) is 0. The van der Waals surface area contributed by atoms with Crippen LogP contribution in [0.1, 0.15) is 32.1 Å². The number of hydrogen-bond donors (Lipinski definition) is 3. The Kier molecular flexibility index (Phi) is 4.89. The lowest BCUT2D eigenvalue weighted by atomic mass is 9.94. The molecular formula is C11H20N2O4. The van der Waals surface area contributed by atoms with Crippen LogP contribution in [0, 0.1) is 0 Å². The SMILES string of the molecule is COC(=O)C(O)CNC(=O)CC1(N)CCCC1. The highest BCUT2D eigenvalue weighted by Crippen LogP contribution is 2.29. The van der Waals surface area contributed by atoms with E-state index in [2.05, 4.69) is 10.1 Å². The Morgan fingerprint density at radius 1 is 1.47 bits per heavy atom. The number of amides is 1. The Hall–Kier alpha value is -1.14. The standard InChI is InChI=1S/C11H20N2O4/c1-17-10(16)8(14)7-13-9(15)6-11(12)4-2-3-5-11/h8,14H,2-7,12H2,1H3,(H,13,15). The summed E-state index contributed by atoms with van der Waals surface area (Å²) < 4.78 is 4.33. The summed E-state index contributed by atoms with van der Waals surface area (Å²) in [5.41, 5.74) is 5.62. The highest BCUT2D eigenvalue weighted by molar-refractivity contribution is 5.79. The smallest absolute Gasteiger partial charge is 0.336 e. The minimum absolute atomic E-state index is 0.137. The molecule has 0 radical (unpaired) electrons. The van der Waals surface area contributed by atoms with Gasteiger partial charge >= 0.3 is 5.97 Å². The van der Waals surface area contributed by atoms with Gasteiger partial charge in [0.05, 0.1) is 13.7 Å². The molecule has 0 bridgehead atoms. The van der Waals surface area contributed by atoms with E-state index in [1.54, 1.807) is 0 Å². The van der Waals surface area contributed by atoms with Gasteiger partial charge in [-0.05, 0) is 12.8 Å². The molecule has 6 heteroatoms. The van der Waals surface area contributed by atoms with Crippen LogP contribution in [-0.4, -0.2) is 42.3 Å². The summed E-state index contributed by atoms with van der Waals surface area (Å²) >= 11 is 0. The Bertz CT molecular complexity index is 287. The summed E-state index contributed by atoms with van der Waals surface area (Å²) in [6.07, 6.45) is 2.71. The number of aliphatic hydroxyl groups is 1. The summed E-state index contributed by atoms with van der Waals surface area (Å²) in [4.78, 5) is 22.4. The first-order valence-electron chi connectivity index (χ1n) is 5.78. The van der Waals surface area contributed by atoms with E-state index in [0.29, 0.717) is 0 Å². The number of esters is 1. The van der Waals surface area contributed by atoms with E-state index >= 15 is 0 Å². The van der Waals surface area contributed by atoms with Crippen molar-refractivity contribution in [1.82, 2.24) is 5.32 Å². The van der Waals surface area contributed by atoms with Crippen LogP contribution in [0.3, 0.4) is 0 Å². The molecule has 0 heterocycles. The zero-order valence-electron chi connectivity index (χ0n) is 10.1. The fourth-order valence-electron chi connectivity index (χ4n) is 2.07. The second-order valence-electron chi connectivity index (χ2n) is 4.59. The molecule has 0 aromatic heterocycles. The van der Waals surface area contributed by atoms with E-state index in [9.17, 15) is 14.7 Å². The second kappa shape index (κ2) is 5.97. The molecule has 1 saturated carbocycles. The molecule has 0 aromatic carbocycles. The molecule has 1 aliphatic rings. The van der Waals surface area contributed by atoms with Gasteiger partial charge in [-0.1, -0.05) is 12.8 Å². The van der Waals surface area contributed by atoms with Crippen LogP contribution < -0.4 is 11.1 Å². The number of carbonyl (C=O) groups excluding carboxylic acids is 2. The Morgan fingerprint density at radius 3 is 2.59 bits per heavy atom. The lowest BCUT2D eigenvalue weighted by molar-refractivity contribution is -0.150. The number of nitrogens with two attached hydrogens (primary N) is 1. The Labute approximate surface area is 101 Å². The first-order valence-corrected chi connectivity index (χ1v) is 5.78. The van der Waals surface area contributed by atoms with Gasteiger partial charge in [0.2, 0.25) is 5.91 Å². The van der Waals surface area contributed by atoms with Crippen LogP contribution in [0.15, 0.2) is 0 Å². The summed E-state index contributed by atoms with van der Waals surface area (Å²) in [6.45, 7) is -0.137. The monoisotopic (exact) mass is 244 g/mol. The molecule has 98 valence electrons. The lowest BCUT2D eigenvalue weighted by Gasteiger charge is -2.22. The van der Waals surface area contributed by atoms with Crippen LogP contribution in [-0.2, 0) is 14.3 Å². The fourth-order valence-corrected chi connectivity index (χ4v) is 2.07. The van der Waals surface area contributed by atoms with Gasteiger partial charge in [0, 0.05) is 12.0 Å². The molecule has 1 rings (SSSR count). The van der Waals surface area contributed by atoms with Crippen molar-refractivity contribution < 1.29 is 19.4 Å². The van der Waals surface area contributed by atoms with Crippen LogP contribution in [0.25, 0.3) is 0 Å². The molecule has 0 spiro atoms. The highest BCUT2D eigenvalue weighted by atomic mass is 16.5. The van der Waals surface area contributed by atoms with E-state index in [-0.39, 0.29) is 18.9 Å². The molecule has 0 aromatic rings. The van der Waals surface area contributed by atoms with E-state index in [0.717, 1.165) is 25.7 Å². The van der Waals surface area contributed by atoms with Gasteiger partial charge in [0.15, 0.2) is 6.10 Å². The topological polar surface area (TPSA) is 102 Å². The number of ether oxygens (including phenoxy) is 1. The van der Waals surface area contributed by atoms with Crippen molar-refractivity contribution in [2.24, 2.45) is 5.73 Å². The van der Waals surface area contributed by atoms with Gasteiger partial charge in [-0.15, -0.1) is 0 Å². The summed E-state index contributed by atoms with van der Waals surface area (Å²) in [5, 5.41) is 11.8. The van der Waals surface area contributed by atoms with Crippen LogP contribution in [0.2, 0.25) is 0 Å². The molecule has 0 saturated heterocycles. The van der Waals surface area contributed by atoms with Crippen molar-refractivity contribution in [3.63, 3.8) is 0 Å². The molecule has 0 aliphatic heterocycles. The van der Waals surface area contributed by atoms with Gasteiger partial charge < -0.3 is 20.9 Å². The van der Waals surface area contributed by atoms with E-state index in [1.807, 2.05) is 0 Å². The van der Waals surface area contributed by atoms with Crippen molar-refractivity contribution in [2.75, 3.05) is 13.7 Å². The second-order valence-corrected chi connectivity index (χ2v) is 4.59. The van der Waals surface area contributed by atoms with Gasteiger partial charge in [-0.2, -0.15) is 0 Å². The Balaban J connectivity index is 2.28. The maximum Gasteiger partial charge on any atom is 0.336 e. The zero-order chi connectivity index (χ0) is 12.9. The molecule has 1 atom stereocenters. The molecular weight excluding hydrogens is 224 g/mol. The van der Waals surface area contributed by atoms with E-state index in [4.69, 9.17) is 5.73 Å². The van der Waals surface area contributed by atoms with Gasteiger partial charge in [0.25, 0.3) is 0 Å². The number of rotatable bonds is 5. The van der Waals surface area contributed by atoms with Crippen molar-refractivity contribution >= 4 is 11.9 Å².